The first-order chi connectivity index (χ1) is 27.9. The Bertz CT molecular complexity index is 1360. The van der Waals surface area contributed by atoms with Gasteiger partial charge in [-0.1, -0.05) is 164 Å². The molecule has 2 heterocycles. The van der Waals surface area contributed by atoms with E-state index in [4.69, 9.17) is 29.0 Å². The van der Waals surface area contributed by atoms with Crippen LogP contribution in [-0.4, -0.2) is 67.2 Å². The molecule has 1 saturated carbocycles. The number of hydrogen-bond acceptors (Lipinski definition) is 8. The molecule has 0 N–H and O–H groups in total. The van der Waals surface area contributed by atoms with E-state index in [1.807, 2.05) is 74.5 Å². The summed E-state index contributed by atoms with van der Waals surface area (Å²) in [5.74, 6) is -1.23. The summed E-state index contributed by atoms with van der Waals surface area (Å²) >= 11 is 0. The Morgan fingerprint density at radius 3 is 1.82 bits per heavy atom. The second kappa shape index (κ2) is 25.0. The van der Waals surface area contributed by atoms with Crippen LogP contribution in [0, 0.1) is 5.92 Å². The van der Waals surface area contributed by atoms with Crippen molar-refractivity contribution in [2.24, 2.45) is 5.92 Å². The molecule has 0 bridgehead atoms. The molecule has 1 spiro atoms. The minimum absolute atomic E-state index is 0.258. The highest BCUT2D eigenvalue weighted by atomic mass is 17.5. The van der Waals surface area contributed by atoms with Crippen LogP contribution in [0.1, 0.15) is 168 Å². The third-order valence-corrected chi connectivity index (χ3v) is 12.7. The number of quaternary nitrogens is 1. The van der Waals surface area contributed by atoms with Crippen molar-refractivity contribution in [3.63, 3.8) is 0 Å². The first-order valence-corrected chi connectivity index (χ1v) is 22.8. The van der Waals surface area contributed by atoms with Crippen LogP contribution >= 0.6 is 0 Å². The van der Waals surface area contributed by atoms with Crippen LogP contribution in [0.15, 0.2) is 60.7 Å². The second-order valence-corrected chi connectivity index (χ2v) is 16.5. The minimum atomic E-state index is -1.71. The van der Waals surface area contributed by atoms with Gasteiger partial charge in [-0.3, -0.25) is 4.79 Å². The summed E-state index contributed by atoms with van der Waals surface area (Å²) in [6.45, 7) is 13.2. The predicted molar refractivity (Wildman–Crippen MR) is 225 cm³/mol. The molecule has 3 aliphatic rings. The maximum atomic E-state index is 15.1. The van der Waals surface area contributed by atoms with Crippen LogP contribution in [0.5, 0.6) is 0 Å². The fraction of sp³-hybridized carbons (Fsp3) is 0.708. The molecular weight excluding hydrogens is 719 g/mol. The molecular formula is C48H76NO8+. The lowest BCUT2D eigenvalue weighted by molar-refractivity contribution is -0.967. The third-order valence-electron chi connectivity index (χ3n) is 12.7. The van der Waals surface area contributed by atoms with E-state index in [9.17, 15) is 4.79 Å². The normalized spacial score (nSPS) is 23.0. The Morgan fingerprint density at radius 1 is 0.754 bits per heavy atom. The van der Waals surface area contributed by atoms with Crippen molar-refractivity contribution in [2.45, 2.75) is 193 Å². The van der Waals surface area contributed by atoms with Crippen LogP contribution in [0.2, 0.25) is 0 Å². The van der Waals surface area contributed by atoms with Crippen LogP contribution in [0.4, 0.5) is 0 Å². The van der Waals surface area contributed by atoms with Crippen molar-refractivity contribution in [1.29, 1.82) is 0 Å². The van der Waals surface area contributed by atoms with Crippen LogP contribution < -0.4 is 0 Å². The van der Waals surface area contributed by atoms with E-state index in [-0.39, 0.29) is 24.4 Å². The SMILES string of the molecule is CC.CCCCCCCCCCCCCCC(=O)OC(OC(C(=O)OC1CC(C)[N+]2(CCCC2)C(CC)C1)(c1ccccc1)c1ccccc1)C1CC1OOOC. The van der Waals surface area contributed by atoms with Crippen LogP contribution in [0.25, 0.3) is 0 Å². The van der Waals surface area contributed by atoms with E-state index in [1.165, 1.54) is 90.8 Å². The largest absolute Gasteiger partial charge is 0.459 e. The molecule has 0 aromatic heterocycles. The van der Waals surface area contributed by atoms with Gasteiger partial charge in [-0.2, -0.15) is 0 Å². The van der Waals surface area contributed by atoms with Gasteiger partial charge in [0.1, 0.15) is 12.2 Å². The molecule has 0 radical (unpaired) electrons. The standard InChI is InChI=1S/C46H70NO8.C2H6/c1-5-7-8-9-10-11-12-13-14-15-16-23-30-43(48)52-44(41-35-42(41)54-55-50-4)53-46(37-26-19-17-20-27-37,38-28-21-18-22-29-38)45(49)51-40-33-36(3)47(31-24-25-32-47)39(6-2)34-40;1-2/h17-22,26-29,36,39-42,44H,5-16,23-25,30-35H2,1-4H3;1-2H3/q+1;. The molecule has 2 aromatic rings. The van der Waals surface area contributed by atoms with Crippen molar-refractivity contribution >= 4 is 11.9 Å². The monoisotopic (exact) mass is 795 g/mol. The zero-order chi connectivity index (χ0) is 40.9. The van der Waals surface area contributed by atoms with Crippen molar-refractivity contribution in [3.05, 3.63) is 71.8 Å². The van der Waals surface area contributed by atoms with E-state index >= 15 is 4.79 Å². The number of carbonyl (C=O) groups is 2. The third kappa shape index (κ3) is 13.1. The summed E-state index contributed by atoms with van der Waals surface area (Å²) in [5.41, 5.74) is -0.488. The molecule has 9 nitrogen and oxygen atoms in total. The van der Waals surface area contributed by atoms with Gasteiger partial charge in [0, 0.05) is 32.1 Å². The van der Waals surface area contributed by atoms with Crippen LogP contribution in [-0.2, 0) is 44.2 Å². The first kappa shape index (κ1) is 46.9. The molecule has 6 atom stereocenters. The van der Waals surface area contributed by atoms with Crippen molar-refractivity contribution < 1.29 is 43.1 Å². The van der Waals surface area contributed by atoms with Gasteiger partial charge in [-0.05, 0) is 37.3 Å². The van der Waals surface area contributed by atoms with Gasteiger partial charge in [0.05, 0.1) is 38.2 Å². The Balaban J connectivity index is 0.00000354. The fourth-order valence-corrected chi connectivity index (χ4v) is 9.43. The van der Waals surface area contributed by atoms with Gasteiger partial charge in [0.15, 0.2) is 0 Å². The summed E-state index contributed by atoms with van der Waals surface area (Å²) in [5, 5.41) is 4.82. The first-order valence-electron chi connectivity index (χ1n) is 22.8. The molecule has 9 heteroatoms. The summed E-state index contributed by atoms with van der Waals surface area (Å²) < 4.78 is 21.0. The van der Waals surface area contributed by atoms with Gasteiger partial charge in [-0.15, -0.1) is 0 Å². The lowest BCUT2D eigenvalue weighted by Gasteiger charge is -2.51. The van der Waals surface area contributed by atoms with Gasteiger partial charge >= 0.3 is 11.9 Å². The molecule has 2 saturated heterocycles. The van der Waals surface area contributed by atoms with E-state index in [2.05, 4.69) is 20.8 Å². The molecule has 320 valence electrons. The highest BCUT2D eigenvalue weighted by Gasteiger charge is 2.56. The van der Waals surface area contributed by atoms with Gasteiger partial charge in [-0.25, -0.2) is 14.6 Å². The summed E-state index contributed by atoms with van der Waals surface area (Å²) in [4.78, 5) is 38.8. The number of nitrogens with zero attached hydrogens (tertiary/aromatic N) is 1. The Kier molecular flexibility index (Phi) is 20.5. The van der Waals surface area contributed by atoms with E-state index in [0.29, 0.717) is 29.6 Å². The van der Waals surface area contributed by atoms with Gasteiger partial charge in [0.25, 0.3) is 0 Å². The van der Waals surface area contributed by atoms with E-state index < -0.39 is 24.0 Å². The summed E-state index contributed by atoms with van der Waals surface area (Å²) in [6.07, 6.45) is 18.7. The Hall–Kier alpha value is -2.82. The lowest BCUT2D eigenvalue weighted by atomic mass is 9.85. The van der Waals surface area contributed by atoms with E-state index in [0.717, 1.165) is 43.0 Å². The number of carbonyl (C=O) groups excluding carboxylic acids is 2. The number of hydrogen-bond donors (Lipinski definition) is 0. The number of rotatable bonds is 25. The lowest BCUT2D eigenvalue weighted by Crippen LogP contribution is -2.63. The number of ether oxygens (including phenoxy) is 3. The summed E-state index contributed by atoms with van der Waals surface area (Å²) in [7, 11) is 1.37. The molecule has 0 amide bonds. The molecule has 6 unspecified atom stereocenters. The second-order valence-electron chi connectivity index (χ2n) is 16.5. The molecule has 2 aromatic carbocycles. The Labute approximate surface area is 344 Å². The topological polar surface area (TPSA) is 89.5 Å². The molecule has 3 fully saturated rings. The van der Waals surface area contributed by atoms with Crippen molar-refractivity contribution in [2.75, 3.05) is 20.2 Å². The van der Waals surface area contributed by atoms with Crippen LogP contribution in [0.3, 0.4) is 0 Å². The number of benzene rings is 2. The summed E-state index contributed by atoms with van der Waals surface area (Å²) in [6, 6.07) is 19.8. The number of piperidine rings is 1. The fourth-order valence-electron chi connectivity index (χ4n) is 9.43. The zero-order valence-electron chi connectivity index (χ0n) is 36.3. The molecule has 1 aliphatic carbocycles. The average molecular weight is 795 g/mol. The average Bonchev–Trinajstić information content (AvgIpc) is 3.85. The van der Waals surface area contributed by atoms with Crippen molar-refractivity contribution in [1.82, 2.24) is 0 Å². The smallest absolute Gasteiger partial charge is 0.348 e. The number of esters is 2. The minimum Gasteiger partial charge on any atom is -0.459 e. The maximum absolute atomic E-state index is 15.1. The maximum Gasteiger partial charge on any atom is 0.348 e. The molecule has 2 aliphatic heterocycles. The van der Waals surface area contributed by atoms with Crippen molar-refractivity contribution in [3.8, 4) is 0 Å². The predicted octanol–water partition coefficient (Wildman–Crippen LogP) is 11.3. The highest BCUT2D eigenvalue weighted by molar-refractivity contribution is 5.86. The van der Waals surface area contributed by atoms with E-state index in [1.54, 1.807) is 0 Å². The highest BCUT2D eigenvalue weighted by Crippen LogP contribution is 2.46. The Morgan fingerprint density at radius 2 is 1.30 bits per heavy atom. The molecule has 5 rings (SSSR count). The van der Waals surface area contributed by atoms with Gasteiger partial charge in [0.2, 0.25) is 11.9 Å². The number of unbranched alkanes of at least 4 members (excludes halogenated alkanes) is 11. The zero-order valence-corrected chi connectivity index (χ0v) is 36.3. The molecule has 57 heavy (non-hydrogen) atoms. The van der Waals surface area contributed by atoms with Gasteiger partial charge < -0.3 is 18.7 Å². The quantitative estimate of drug-likeness (QED) is 0.0245.